The van der Waals surface area contributed by atoms with E-state index in [9.17, 15) is 9.59 Å². The van der Waals surface area contributed by atoms with Gasteiger partial charge in [0.2, 0.25) is 0 Å². The first kappa shape index (κ1) is 16.2. The summed E-state index contributed by atoms with van der Waals surface area (Å²) < 4.78 is 9.46. The van der Waals surface area contributed by atoms with Crippen LogP contribution in [0.25, 0.3) is 0 Å². The van der Waals surface area contributed by atoms with Crippen molar-refractivity contribution in [3.8, 4) is 11.8 Å². The average molecular weight is 252 g/mol. The van der Waals surface area contributed by atoms with Crippen LogP contribution in [-0.2, 0) is 19.1 Å². The van der Waals surface area contributed by atoms with E-state index in [2.05, 4.69) is 18.4 Å². The maximum absolute atomic E-state index is 12.0. The summed E-state index contributed by atoms with van der Waals surface area (Å²) in [5.74, 6) is 4.17. The molecular weight excluding hydrogens is 232 g/mol. The number of carbonyl (C=O) groups excluding carboxylic acids is 2. The fourth-order valence-electron chi connectivity index (χ4n) is 1.62. The number of hydrogen-bond acceptors (Lipinski definition) is 4. The smallest absolute Gasteiger partial charge is 0.324 e. The molecule has 4 heteroatoms. The first-order valence-corrected chi connectivity index (χ1v) is 5.71. The molecule has 0 radical (unpaired) electrons. The molecule has 0 aromatic heterocycles. The number of esters is 2. The van der Waals surface area contributed by atoms with Crippen molar-refractivity contribution in [1.29, 1.82) is 0 Å². The zero-order valence-electron chi connectivity index (χ0n) is 11.5. The van der Waals surface area contributed by atoms with E-state index in [1.165, 1.54) is 14.2 Å². The zero-order valence-corrected chi connectivity index (χ0v) is 11.5. The van der Waals surface area contributed by atoms with Gasteiger partial charge in [-0.1, -0.05) is 19.1 Å². The van der Waals surface area contributed by atoms with Crippen LogP contribution in [0, 0.1) is 17.3 Å². The topological polar surface area (TPSA) is 52.6 Å². The van der Waals surface area contributed by atoms with E-state index in [0.29, 0.717) is 6.42 Å². The third-order valence-corrected chi connectivity index (χ3v) is 2.77. The molecule has 0 fully saturated rings. The molecule has 0 bridgehead atoms. The number of allylic oxidation sites excluding steroid dienone is 1. The van der Waals surface area contributed by atoms with Crippen LogP contribution in [0.1, 0.15) is 33.1 Å². The van der Waals surface area contributed by atoms with Crippen molar-refractivity contribution >= 4 is 11.9 Å². The van der Waals surface area contributed by atoms with E-state index in [1.54, 1.807) is 6.92 Å². The van der Waals surface area contributed by atoms with E-state index in [4.69, 9.17) is 9.47 Å². The fraction of sp³-hybridized carbons (Fsp3) is 0.571. The van der Waals surface area contributed by atoms with Crippen molar-refractivity contribution in [1.82, 2.24) is 0 Å². The SMILES string of the molecule is C=C(CC)CC(CC#CC)(C(=O)OC)C(=O)OC. The highest BCUT2D eigenvalue weighted by Gasteiger charge is 2.48. The van der Waals surface area contributed by atoms with Gasteiger partial charge >= 0.3 is 11.9 Å². The van der Waals surface area contributed by atoms with Gasteiger partial charge in [0.1, 0.15) is 0 Å². The van der Waals surface area contributed by atoms with Crippen molar-refractivity contribution in [3.63, 3.8) is 0 Å². The Morgan fingerprint density at radius 2 is 1.72 bits per heavy atom. The van der Waals surface area contributed by atoms with E-state index >= 15 is 0 Å². The van der Waals surface area contributed by atoms with Crippen LogP contribution < -0.4 is 0 Å². The summed E-state index contributed by atoms with van der Waals surface area (Å²) in [6.07, 6.45) is 0.939. The Hall–Kier alpha value is -1.76. The van der Waals surface area contributed by atoms with Crippen molar-refractivity contribution in [2.24, 2.45) is 5.41 Å². The highest BCUT2D eigenvalue weighted by atomic mass is 16.5. The lowest BCUT2D eigenvalue weighted by Gasteiger charge is -2.26. The Kier molecular flexibility index (Phi) is 6.81. The van der Waals surface area contributed by atoms with Crippen LogP contribution in [-0.4, -0.2) is 26.2 Å². The first-order valence-electron chi connectivity index (χ1n) is 5.71. The number of methoxy groups -OCH3 is 2. The second-order valence-corrected chi connectivity index (χ2v) is 3.95. The predicted octanol–water partition coefficient (Wildman–Crippen LogP) is 2.09. The molecule has 0 rings (SSSR count). The van der Waals surface area contributed by atoms with Crippen LogP contribution >= 0.6 is 0 Å². The summed E-state index contributed by atoms with van der Waals surface area (Å²) in [6.45, 7) is 7.39. The first-order chi connectivity index (χ1) is 8.48. The molecule has 0 aliphatic carbocycles. The Morgan fingerprint density at radius 3 is 2.06 bits per heavy atom. The van der Waals surface area contributed by atoms with E-state index in [0.717, 1.165) is 5.57 Å². The lowest BCUT2D eigenvalue weighted by atomic mass is 9.78. The Morgan fingerprint density at radius 1 is 1.22 bits per heavy atom. The highest BCUT2D eigenvalue weighted by molar-refractivity contribution is 6.00. The van der Waals surface area contributed by atoms with Gasteiger partial charge in [0.15, 0.2) is 5.41 Å². The van der Waals surface area contributed by atoms with Gasteiger partial charge in [-0.25, -0.2) is 0 Å². The fourth-order valence-corrected chi connectivity index (χ4v) is 1.62. The average Bonchev–Trinajstić information content (AvgIpc) is 2.41. The van der Waals surface area contributed by atoms with Crippen molar-refractivity contribution in [3.05, 3.63) is 12.2 Å². The van der Waals surface area contributed by atoms with Gasteiger partial charge in [0, 0.05) is 6.42 Å². The maximum atomic E-state index is 12.0. The summed E-state index contributed by atoms with van der Waals surface area (Å²) in [5, 5.41) is 0. The minimum atomic E-state index is -1.40. The van der Waals surface area contributed by atoms with E-state index < -0.39 is 17.4 Å². The summed E-state index contributed by atoms with van der Waals surface area (Å²) in [6, 6.07) is 0. The Labute approximate surface area is 108 Å². The normalized spacial score (nSPS) is 10.0. The van der Waals surface area contributed by atoms with E-state index in [-0.39, 0.29) is 12.8 Å². The molecule has 0 atom stereocenters. The zero-order chi connectivity index (χ0) is 14.2. The highest BCUT2D eigenvalue weighted by Crippen LogP contribution is 2.33. The number of hydrogen-bond donors (Lipinski definition) is 0. The predicted molar refractivity (Wildman–Crippen MR) is 68.6 cm³/mol. The largest absolute Gasteiger partial charge is 0.468 e. The number of ether oxygens (including phenoxy) is 2. The lowest BCUT2D eigenvalue weighted by Crippen LogP contribution is -2.41. The molecule has 0 aromatic rings. The Balaban J connectivity index is 5.50. The van der Waals surface area contributed by atoms with Gasteiger partial charge < -0.3 is 9.47 Å². The summed E-state index contributed by atoms with van der Waals surface area (Å²) in [7, 11) is 2.49. The second-order valence-electron chi connectivity index (χ2n) is 3.95. The number of rotatable bonds is 6. The van der Waals surface area contributed by atoms with E-state index in [1.807, 2.05) is 6.92 Å². The van der Waals surface area contributed by atoms with Crippen LogP contribution in [0.3, 0.4) is 0 Å². The van der Waals surface area contributed by atoms with Crippen molar-refractivity contribution in [2.75, 3.05) is 14.2 Å². The van der Waals surface area contributed by atoms with Gasteiger partial charge in [-0.15, -0.1) is 11.8 Å². The lowest BCUT2D eigenvalue weighted by molar-refractivity contribution is -0.168. The molecule has 4 nitrogen and oxygen atoms in total. The summed E-state index contributed by atoms with van der Waals surface area (Å²) in [5.41, 5.74) is -0.622. The van der Waals surface area contributed by atoms with Gasteiger partial charge in [0.25, 0.3) is 0 Å². The minimum Gasteiger partial charge on any atom is -0.468 e. The standard InChI is InChI=1S/C14H20O4/c1-6-8-9-14(12(15)17-4,13(16)18-5)10-11(3)7-2/h3,7,9-10H2,1-2,4-5H3. The molecule has 0 saturated carbocycles. The number of carbonyl (C=O) groups is 2. The molecular formula is C14H20O4. The molecule has 0 heterocycles. The van der Waals surface area contributed by atoms with Crippen molar-refractivity contribution < 1.29 is 19.1 Å². The molecule has 0 amide bonds. The van der Waals surface area contributed by atoms with Gasteiger partial charge in [-0.3, -0.25) is 9.59 Å². The molecule has 0 aliphatic heterocycles. The summed E-state index contributed by atoms with van der Waals surface area (Å²) >= 11 is 0. The summed E-state index contributed by atoms with van der Waals surface area (Å²) in [4.78, 5) is 23.9. The monoisotopic (exact) mass is 252 g/mol. The quantitative estimate of drug-likeness (QED) is 0.314. The van der Waals surface area contributed by atoms with Gasteiger partial charge in [-0.2, -0.15) is 0 Å². The van der Waals surface area contributed by atoms with Crippen molar-refractivity contribution in [2.45, 2.75) is 33.1 Å². The molecule has 18 heavy (non-hydrogen) atoms. The molecule has 0 N–H and O–H groups in total. The van der Waals surface area contributed by atoms with Crippen LogP contribution in [0.5, 0.6) is 0 Å². The molecule has 100 valence electrons. The third-order valence-electron chi connectivity index (χ3n) is 2.77. The van der Waals surface area contributed by atoms with Crippen LogP contribution in [0.4, 0.5) is 0 Å². The molecule has 0 aromatic carbocycles. The molecule has 0 unspecified atom stereocenters. The Bertz CT molecular complexity index is 368. The van der Waals surface area contributed by atoms with Crippen LogP contribution in [0.15, 0.2) is 12.2 Å². The third kappa shape index (κ3) is 3.63. The van der Waals surface area contributed by atoms with Gasteiger partial charge in [-0.05, 0) is 19.8 Å². The maximum Gasteiger partial charge on any atom is 0.324 e. The van der Waals surface area contributed by atoms with Crippen LogP contribution in [0.2, 0.25) is 0 Å². The second kappa shape index (κ2) is 7.54. The molecule has 0 aliphatic rings. The molecule has 0 saturated heterocycles. The molecule has 0 spiro atoms. The van der Waals surface area contributed by atoms with Gasteiger partial charge in [0.05, 0.1) is 14.2 Å². The minimum absolute atomic E-state index is 0.0713.